The topological polar surface area (TPSA) is 72.3 Å². The molecule has 0 saturated carbocycles. The fourth-order valence-electron chi connectivity index (χ4n) is 3.05. The summed E-state index contributed by atoms with van der Waals surface area (Å²) in [6.45, 7) is 2.16. The number of carbonyl (C=O) groups excluding carboxylic acids is 1. The van der Waals surface area contributed by atoms with Crippen molar-refractivity contribution in [3.05, 3.63) is 52.7 Å². The molecule has 1 fully saturated rings. The summed E-state index contributed by atoms with van der Waals surface area (Å²) in [7, 11) is 0. The molecule has 1 amide bonds. The van der Waals surface area contributed by atoms with Gasteiger partial charge in [0.25, 0.3) is 0 Å². The molecule has 1 aliphatic heterocycles. The Hall–Kier alpha value is -2.83. The highest BCUT2D eigenvalue weighted by Crippen LogP contribution is 2.34. The van der Waals surface area contributed by atoms with Crippen molar-refractivity contribution in [1.82, 2.24) is 9.88 Å². The van der Waals surface area contributed by atoms with Crippen molar-refractivity contribution >= 4 is 29.0 Å². The second-order valence-corrected chi connectivity index (χ2v) is 6.87. The van der Waals surface area contributed by atoms with Gasteiger partial charge < -0.3 is 10.2 Å². The van der Waals surface area contributed by atoms with Gasteiger partial charge in [0.2, 0.25) is 5.91 Å². The average Bonchev–Trinajstić information content (AvgIpc) is 2.68. The summed E-state index contributed by atoms with van der Waals surface area (Å²) in [5.74, 6) is 0.112. The lowest BCUT2D eigenvalue weighted by Gasteiger charge is -2.35. The summed E-state index contributed by atoms with van der Waals surface area (Å²) in [6, 6.07) is 10.2. The minimum atomic E-state index is -4.54. The molecule has 0 spiro atoms. The Morgan fingerprint density at radius 2 is 1.86 bits per heavy atom. The minimum Gasteiger partial charge on any atom is -0.354 e. The highest BCUT2D eigenvalue weighted by atomic mass is 35.5. The predicted octanol–water partition coefficient (Wildman–Crippen LogP) is 3.39. The van der Waals surface area contributed by atoms with Gasteiger partial charge in [-0.3, -0.25) is 9.69 Å². The lowest BCUT2D eigenvalue weighted by atomic mass is 10.1. The molecule has 0 unspecified atom stereocenters. The number of piperazine rings is 1. The van der Waals surface area contributed by atoms with Gasteiger partial charge in [0.15, 0.2) is 5.69 Å². The smallest absolute Gasteiger partial charge is 0.354 e. The third kappa shape index (κ3) is 5.16. The van der Waals surface area contributed by atoms with E-state index >= 15 is 0 Å². The van der Waals surface area contributed by atoms with E-state index in [1.165, 1.54) is 18.2 Å². The average molecular weight is 424 g/mol. The Kier molecular flexibility index (Phi) is 6.25. The highest BCUT2D eigenvalue weighted by Gasteiger charge is 2.33. The number of benzene rings is 1. The normalized spacial score (nSPS) is 15.1. The van der Waals surface area contributed by atoms with Crippen LogP contribution in [0.2, 0.25) is 5.02 Å². The molecule has 1 N–H and O–H groups in total. The van der Waals surface area contributed by atoms with E-state index in [9.17, 15) is 18.0 Å². The van der Waals surface area contributed by atoms with Gasteiger partial charge in [-0.25, -0.2) is 4.98 Å². The van der Waals surface area contributed by atoms with Gasteiger partial charge in [0.05, 0.1) is 22.8 Å². The molecule has 2 aromatic rings. The fraction of sp³-hybridized carbons (Fsp3) is 0.316. The van der Waals surface area contributed by atoms with Gasteiger partial charge in [-0.2, -0.15) is 18.4 Å². The molecule has 3 rings (SSSR count). The van der Waals surface area contributed by atoms with E-state index < -0.39 is 17.6 Å². The van der Waals surface area contributed by atoms with E-state index in [0.29, 0.717) is 32.0 Å². The van der Waals surface area contributed by atoms with E-state index in [0.717, 1.165) is 6.07 Å². The first-order valence-electron chi connectivity index (χ1n) is 8.78. The van der Waals surface area contributed by atoms with Crippen LogP contribution in [-0.4, -0.2) is 48.5 Å². The van der Waals surface area contributed by atoms with E-state index in [4.69, 9.17) is 16.9 Å². The van der Waals surface area contributed by atoms with E-state index in [-0.39, 0.29) is 22.9 Å². The van der Waals surface area contributed by atoms with Crippen molar-refractivity contribution in [2.45, 2.75) is 6.18 Å². The molecular formula is C19H17ClF3N5O. The fourth-order valence-corrected chi connectivity index (χ4v) is 3.20. The summed E-state index contributed by atoms with van der Waals surface area (Å²) in [6.07, 6.45) is -4.54. The monoisotopic (exact) mass is 423 g/mol. The van der Waals surface area contributed by atoms with Crippen LogP contribution in [0, 0.1) is 11.3 Å². The number of nitrogens with one attached hydrogen (secondary N) is 1. The molecule has 29 heavy (non-hydrogen) atoms. The Morgan fingerprint density at radius 3 is 2.52 bits per heavy atom. The number of amides is 1. The third-order valence-corrected chi connectivity index (χ3v) is 4.81. The van der Waals surface area contributed by atoms with Crippen LogP contribution in [0.4, 0.5) is 24.7 Å². The van der Waals surface area contributed by atoms with Gasteiger partial charge in [-0.05, 0) is 24.3 Å². The van der Waals surface area contributed by atoms with Crippen molar-refractivity contribution in [2.24, 2.45) is 0 Å². The van der Waals surface area contributed by atoms with Crippen LogP contribution in [0.15, 0.2) is 36.4 Å². The molecule has 0 atom stereocenters. The molecule has 10 heteroatoms. The third-order valence-electron chi connectivity index (χ3n) is 4.51. The van der Waals surface area contributed by atoms with Gasteiger partial charge in [-0.1, -0.05) is 23.7 Å². The quantitative estimate of drug-likeness (QED) is 0.816. The largest absolute Gasteiger partial charge is 0.418 e. The summed E-state index contributed by atoms with van der Waals surface area (Å²) >= 11 is 5.89. The highest BCUT2D eigenvalue weighted by molar-refractivity contribution is 6.31. The molecule has 0 aliphatic carbocycles. The van der Waals surface area contributed by atoms with Crippen molar-refractivity contribution in [3.63, 3.8) is 0 Å². The second-order valence-electron chi connectivity index (χ2n) is 6.47. The molecule has 0 bridgehead atoms. The number of para-hydroxylation sites is 1. The van der Waals surface area contributed by atoms with Gasteiger partial charge in [0.1, 0.15) is 11.9 Å². The SMILES string of the molecule is N#Cc1nc(N2CCN(CC(=O)Nc3ccccc3C(F)(F)F)CC2)ccc1Cl. The molecule has 6 nitrogen and oxygen atoms in total. The molecule has 1 saturated heterocycles. The van der Waals surface area contributed by atoms with Crippen molar-refractivity contribution < 1.29 is 18.0 Å². The van der Waals surface area contributed by atoms with Crippen LogP contribution in [0.25, 0.3) is 0 Å². The molecule has 2 heterocycles. The van der Waals surface area contributed by atoms with E-state index in [1.807, 2.05) is 15.9 Å². The molecular weight excluding hydrogens is 407 g/mol. The van der Waals surface area contributed by atoms with Crippen molar-refractivity contribution in [1.29, 1.82) is 5.26 Å². The standard InChI is InChI=1S/C19H17ClF3N5O/c20-14-5-6-17(25-16(14)11-24)28-9-7-27(8-10-28)12-18(29)26-15-4-2-1-3-13(15)19(21,22)23/h1-6H,7-10,12H2,(H,26,29). The van der Waals surface area contributed by atoms with Crippen molar-refractivity contribution in [3.8, 4) is 6.07 Å². The van der Waals surface area contributed by atoms with Gasteiger partial charge >= 0.3 is 6.18 Å². The minimum absolute atomic E-state index is 0.0163. The number of nitriles is 1. The lowest BCUT2D eigenvalue weighted by Crippen LogP contribution is -2.49. The van der Waals surface area contributed by atoms with Crippen LogP contribution >= 0.6 is 11.6 Å². The zero-order chi connectivity index (χ0) is 21.0. The zero-order valence-electron chi connectivity index (χ0n) is 15.2. The first kappa shape index (κ1) is 20.9. The van der Waals surface area contributed by atoms with Gasteiger partial charge in [0, 0.05) is 26.2 Å². The summed E-state index contributed by atoms with van der Waals surface area (Å²) in [5.41, 5.74) is -0.979. The Morgan fingerprint density at radius 1 is 1.17 bits per heavy atom. The Balaban J connectivity index is 1.56. The summed E-state index contributed by atoms with van der Waals surface area (Å²) < 4.78 is 39.1. The number of rotatable bonds is 4. The van der Waals surface area contributed by atoms with E-state index in [2.05, 4.69) is 10.3 Å². The zero-order valence-corrected chi connectivity index (χ0v) is 16.0. The number of carbonyl (C=O) groups is 1. The maximum atomic E-state index is 13.0. The maximum absolute atomic E-state index is 13.0. The first-order chi connectivity index (χ1) is 13.8. The summed E-state index contributed by atoms with van der Waals surface area (Å²) in [4.78, 5) is 20.3. The molecule has 1 aromatic carbocycles. The number of hydrogen-bond acceptors (Lipinski definition) is 5. The lowest BCUT2D eigenvalue weighted by molar-refractivity contribution is -0.137. The number of nitrogens with zero attached hydrogens (tertiary/aromatic N) is 4. The Labute approximate surface area is 170 Å². The van der Waals surface area contributed by atoms with Crippen LogP contribution in [0.1, 0.15) is 11.3 Å². The second kappa shape index (κ2) is 8.68. The molecule has 0 radical (unpaired) electrons. The maximum Gasteiger partial charge on any atom is 0.418 e. The number of halogens is 4. The van der Waals surface area contributed by atoms with Crippen LogP contribution < -0.4 is 10.2 Å². The molecule has 152 valence electrons. The first-order valence-corrected chi connectivity index (χ1v) is 9.16. The van der Waals surface area contributed by atoms with Crippen LogP contribution in [-0.2, 0) is 11.0 Å². The van der Waals surface area contributed by atoms with Crippen molar-refractivity contribution in [2.75, 3.05) is 42.9 Å². The van der Waals surface area contributed by atoms with Gasteiger partial charge in [-0.15, -0.1) is 0 Å². The van der Waals surface area contributed by atoms with E-state index in [1.54, 1.807) is 12.1 Å². The number of aromatic nitrogens is 1. The van der Waals surface area contributed by atoms with Crippen LogP contribution in [0.3, 0.4) is 0 Å². The summed E-state index contributed by atoms with van der Waals surface area (Å²) in [5, 5.41) is 11.7. The molecule has 1 aromatic heterocycles. The number of alkyl halides is 3. The Bertz CT molecular complexity index is 936. The predicted molar refractivity (Wildman–Crippen MR) is 103 cm³/mol. The number of hydrogen-bond donors (Lipinski definition) is 1. The number of pyridine rings is 1. The van der Waals surface area contributed by atoms with Crippen LogP contribution in [0.5, 0.6) is 0 Å². The number of anilines is 2. The molecule has 1 aliphatic rings.